The molecular formula is C20H22N4O2. The standard InChI is InChI=1S/C20H22N4O2/c1-13-22-18-16(9-6-10-21-18)19(26)24(13)15-8-5-7-14(11-15)23-17(25)12-20(2,3)4/h5-11H,12H2,1-4H3,(H,23,25). The van der Waals surface area contributed by atoms with Gasteiger partial charge in [0.15, 0.2) is 5.65 Å². The van der Waals surface area contributed by atoms with E-state index in [2.05, 4.69) is 15.3 Å². The lowest BCUT2D eigenvalue weighted by molar-refractivity contribution is -0.117. The summed E-state index contributed by atoms with van der Waals surface area (Å²) < 4.78 is 1.53. The highest BCUT2D eigenvalue weighted by molar-refractivity contribution is 5.91. The van der Waals surface area contributed by atoms with Gasteiger partial charge in [-0.25, -0.2) is 9.97 Å². The monoisotopic (exact) mass is 350 g/mol. The number of rotatable bonds is 3. The minimum atomic E-state index is -0.182. The summed E-state index contributed by atoms with van der Waals surface area (Å²) in [6.07, 6.45) is 2.03. The second-order valence-electron chi connectivity index (χ2n) is 7.51. The van der Waals surface area contributed by atoms with E-state index in [1.54, 1.807) is 43.5 Å². The van der Waals surface area contributed by atoms with Crippen LogP contribution >= 0.6 is 0 Å². The second kappa shape index (κ2) is 6.71. The largest absolute Gasteiger partial charge is 0.326 e. The summed E-state index contributed by atoms with van der Waals surface area (Å²) >= 11 is 0. The molecule has 1 amide bonds. The summed E-state index contributed by atoms with van der Waals surface area (Å²) in [5.41, 5.74) is 1.46. The lowest BCUT2D eigenvalue weighted by atomic mass is 9.92. The molecule has 0 atom stereocenters. The van der Waals surface area contributed by atoms with E-state index in [0.29, 0.717) is 34.7 Å². The Balaban J connectivity index is 2.00. The molecule has 26 heavy (non-hydrogen) atoms. The number of anilines is 1. The zero-order valence-corrected chi connectivity index (χ0v) is 15.4. The maximum atomic E-state index is 12.9. The molecule has 0 radical (unpaired) electrons. The number of hydrogen-bond donors (Lipinski definition) is 1. The van der Waals surface area contributed by atoms with Crippen LogP contribution < -0.4 is 10.9 Å². The van der Waals surface area contributed by atoms with Crippen LogP contribution in [0.15, 0.2) is 47.4 Å². The van der Waals surface area contributed by atoms with Crippen LogP contribution in [0.4, 0.5) is 5.69 Å². The molecular weight excluding hydrogens is 328 g/mol. The summed E-state index contributed by atoms with van der Waals surface area (Å²) in [4.78, 5) is 33.6. The predicted molar refractivity (Wildman–Crippen MR) is 103 cm³/mol. The Bertz CT molecular complexity index is 1030. The van der Waals surface area contributed by atoms with Crippen LogP contribution in [-0.4, -0.2) is 20.4 Å². The Morgan fingerprint density at radius 1 is 1.19 bits per heavy atom. The highest BCUT2D eigenvalue weighted by Gasteiger charge is 2.16. The van der Waals surface area contributed by atoms with E-state index in [1.807, 2.05) is 26.8 Å². The van der Waals surface area contributed by atoms with E-state index in [0.717, 1.165) is 0 Å². The number of nitrogens with one attached hydrogen (secondary N) is 1. The van der Waals surface area contributed by atoms with E-state index in [4.69, 9.17) is 0 Å². The fourth-order valence-corrected chi connectivity index (χ4v) is 2.84. The third-order valence-corrected chi connectivity index (χ3v) is 3.89. The van der Waals surface area contributed by atoms with Crippen LogP contribution in [0.25, 0.3) is 16.7 Å². The third-order valence-electron chi connectivity index (χ3n) is 3.89. The first-order valence-corrected chi connectivity index (χ1v) is 8.49. The first-order valence-electron chi connectivity index (χ1n) is 8.49. The fraction of sp³-hybridized carbons (Fsp3) is 0.300. The maximum absolute atomic E-state index is 12.9. The Kier molecular flexibility index (Phi) is 4.59. The van der Waals surface area contributed by atoms with Crippen LogP contribution in [0, 0.1) is 12.3 Å². The first kappa shape index (κ1) is 17.8. The van der Waals surface area contributed by atoms with Crippen LogP contribution in [0.5, 0.6) is 0 Å². The number of amides is 1. The molecule has 0 fully saturated rings. The molecule has 0 unspecified atom stereocenters. The Morgan fingerprint density at radius 3 is 2.69 bits per heavy atom. The number of pyridine rings is 1. The molecule has 1 N–H and O–H groups in total. The van der Waals surface area contributed by atoms with Gasteiger partial charge in [-0.2, -0.15) is 0 Å². The van der Waals surface area contributed by atoms with Crippen molar-refractivity contribution in [3.05, 3.63) is 58.8 Å². The minimum absolute atomic E-state index is 0.0560. The molecule has 3 aromatic rings. The van der Waals surface area contributed by atoms with Gasteiger partial charge in [0, 0.05) is 18.3 Å². The molecule has 3 rings (SSSR count). The van der Waals surface area contributed by atoms with Crippen LogP contribution in [0.2, 0.25) is 0 Å². The van der Waals surface area contributed by atoms with Gasteiger partial charge in [-0.05, 0) is 42.7 Å². The SMILES string of the molecule is Cc1nc2ncccc2c(=O)n1-c1cccc(NC(=O)CC(C)(C)C)c1. The van der Waals surface area contributed by atoms with Crippen molar-refractivity contribution >= 4 is 22.6 Å². The number of aromatic nitrogens is 3. The highest BCUT2D eigenvalue weighted by Crippen LogP contribution is 2.21. The topological polar surface area (TPSA) is 76.9 Å². The van der Waals surface area contributed by atoms with E-state index in [-0.39, 0.29) is 16.9 Å². The van der Waals surface area contributed by atoms with Gasteiger partial charge >= 0.3 is 0 Å². The maximum Gasteiger partial charge on any atom is 0.267 e. The normalized spacial score (nSPS) is 11.5. The quantitative estimate of drug-likeness (QED) is 0.785. The lowest BCUT2D eigenvalue weighted by Crippen LogP contribution is -2.23. The summed E-state index contributed by atoms with van der Waals surface area (Å²) in [5, 5.41) is 3.36. The molecule has 6 heteroatoms. The molecule has 134 valence electrons. The average molecular weight is 350 g/mol. The Labute approximate surface area is 151 Å². The van der Waals surface area contributed by atoms with E-state index in [9.17, 15) is 9.59 Å². The Hall–Kier alpha value is -3.02. The second-order valence-corrected chi connectivity index (χ2v) is 7.51. The van der Waals surface area contributed by atoms with Crippen molar-refractivity contribution in [2.24, 2.45) is 5.41 Å². The zero-order valence-electron chi connectivity index (χ0n) is 15.4. The van der Waals surface area contributed by atoms with Crippen molar-refractivity contribution in [2.45, 2.75) is 34.1 Å². The van der Waals surface area contributed by atoms with Gasteiger partial charge in [-0.3, -0.25) is 14.2 Å². The van der Waals surface area contributed by atoms with Gasteiger partial charge in [0.2, 0.25) is 5.91 Å². The minimum Gasteiger partial charge on any atom is -0.326 e. The smallest absolute Gasteiger partial charge is 0.267 e. The van der Waals surface area contributed by atoms with Crippen molar-refractivity contribution < 1.29 is 4.79 Å². The van der Waals surface area contributed by atoms with E-state index >= 15 is 0 Å². The average Bonchev–Trinajstić information content (AvgIpc) is 2.53. The molecule has 6 nitrogen and oxygen atoms in total. The number of nitrogens with zero attached hydrogens (tertiary/aromatic N) is 3. The van der Waals surface area contributed by atoms with Gasteiger partial charge in [-0.1, -0.05) is 26.8 Å². The summed E-state index contributed by atoms with van der Waals surface area (Å²) in [7, 11) is 0. The van der Waals surface area contributed by atoms with Crippen molar-refractivity contribution in [3.63, 3.8) is 0 Å². The number of carbonyl (C=O) groups excluding carboxylic acids is 1. The van der Waals surface area contributed by atoms with Crippen LogP contribution in [-0.2, 0) is 4.79 Å². The lowest BCUT2D eigenvalue weighted by Gasteiger charge is -2.17. The Morgan fingerprint density at radius 2 is 1.96 bits per heavy atom. The summed E-state index contributed by atoms with van der Waals surface area (Å²) in [6, 6.07) is 10.6. The summed E-state index contributed by atoms with van der Waals surface area (Å²) in [6.45, 7) is 7.81. The molecule has 0 aliphatic carbocycles. The molecule has 2 heterocycles. The van der Waals surface area contributed by atoms with Crippen molar-refractivity contribution in [3.8, 4) is 5.69 Å². The van der Waals surface area contributed by atoms with Gasteiger partial charge in [0.25, 0.3) is 5.56 Å². The van der Waals surface area contributed by atoms with Crippen LogP contribution in [0.1, 0.15) is 33.0 Å². The molecule has 0 spiro atoms. The number of hydrogen-bond acceptors (Lipinski definition) is 4. The third kappa shape index (κ3) is 3.79. The van der Waals surface area contributed by atoms with Crippen molar-refractivity contribution in [1.82, 2.24) is 14.5 Å². The van der Waals surface area contributed by atoms with Gasteiger partial charge in [0.05, 0.1) is 11.1 Å². The van der Waals surface area contributed by atoms with Gasteiger partial charge in [0.1, 0.15) is 5.82 Å². The molecule has 0 saturated carbocycles. The fourth-order valence-electron chi connectivity index (χ4n) is 2.84. The van der Waals surface area contributed by atoms with Gasteiger partial charge < -0.3 is 5.32 Å². The molecule has 2 aromatic heterocycles. The van der Waals surface area contributed by atoms with Gasteiger partial charge in [-0.15, -0.1) is 0 Å². The van der Waals surface area contributed by atoms with E-state index in [1.165, 1.54) is 4.57 Å². The molecule has 0 aliphatic heterocycles. The number of carbonyl (C=O) groups is 1. The number of aryl methyl sites for hydroxylation is 1. The molecule has 0 saturated heterocycles. The predicted octanol–water partition coefficient (Wildman–Crippen LogP) is 3.46. The number of fused-ring (bicyclic) bond motifs is 1. The number of benzene rings is 1. The molecule has 1 aromatic carbocycles. The van der Waals surface area contributed by atoms with E-state index < -0.39 is 0 Å². The molecule has 0 aliphatic rings. The van der Waals surface area contributed by atoms with Crippen molar-refractivity contribution in [2.75, 3.05) is 5.32 Å². The zero-order chi connectivity index (χ0) is 18.9. The summed E-state index contributed by atoms with van der Waals surface area (Å²) in [5.74, 6) is 0.485. The highest BCUT2D eigenvalue weighted by atomic mass is 16.1. The molecule has 0 bridgehead atoms. The first-order chi connectivity index (χ1) is 12.2. The van der Waals surface area contributed by atoms with Crippen LogP contribution in [0.3, 0.4) is 0 Å². The van der Waals surface area contributed by atoms with Crippen molar-refractivity contribution in [1.29, 1.82) is 0 Å².